The molecule has 2 rings (SSSR count). The number of nitrogens with zero attached hydrogens (tertiary/aromatic N) is 2. The molecule has 0 aliphatic carbocycles. The highest BCUT2D eigenvalue weighted by molar-refractivity contribution is 7.86. The van der Waals surface area contributed by atoms with Crippen molar-refractivity contribution < 1.29 is 18.3 Å². The highest BCUT2D eigenvalue weighted by Crippen LogP contribution is 2.28. The lowest BCUT2D eigenvalue weighted by Gasteiger charge is -2.40. The van der Waals surface area contributed by atoms with Crippen LogP contribution >= 0.6 is 0 Å². The molecule has 0 amide bonds. The molecule has 0 aromatic heterocycles. The van der Waals surface area contributed by atoms with E-state index in [1.165, 1.54) is 0 Å². The molecule has 7 heteroatoms. The third-order valence-electron chi connectivity index (χ3n) is 4.51. The molecule has 2 heterocycles. The van der Waals surface area contributed by atoms with E-state index in [2.05, 4.69) is 6.92 Å². The quantitative estimate of drug-likeness (QED) is 0.836. The van der Waals surface area contributed by atoms with E-state index in [4.69, 9.17) is 5.11 Å². The van der Waals surface area contributed by atoms with Crippen molar-refractivity contribution >= 4 is 16.2 Å². The molecule has 2 aliphatic heterocycles. The minimum absolute atomic E-state index is 0.0348. The van der Waals surface area contributed by atoms with Crippen LogP contribution in [0, 0.1) is 5.92 Å². The van der Waals surface area contributed by atoms with Gasteiger partial charge in [-0.1, -0.05) is 13.3 Å². The second-order valence-corrected chi connectivity index (χ2v) is 8.19. The summed E-state index contributed by atoms with van der Waals surface area (Å²) < 4.78 is 28.9. The number of carboxylic acids is 1. The van der Waals surface area contributed by atoms with Crippen LogP contribution in [0.3, 0.4) is 0 Å². The largest absolute Gasteiger partial charge is 0.481 e. The van der Waals surface area contributed by atoms with E-state index >= 15 is 0 Å². The maximum absolute atomic E-state index is 12.8. The lowest BCUT2D eigenvalue weighted by molar-refractivity contribution is -0.137. The predicted molar refractivity (Wildman–Crippen MR) is 80.1 cm³/mol. The second-order valence-electron chi connectivity index (χ2n) is 6.31. The van der Waals surface area contributed by atoms with Gasteiger partial charge in [-0.2, -0.15) is 17.0 Å². The van der Waals surface area contributed by atoms with Crippen LogP contribution in [-0.4, -0.2) is 53.8 Å². The highest BCUT2D eigenvalue weighted by atomic mass is 32.2. The Labute approximate surface area is 127 Å². The fraction of sp³-hybridized carbons (Fsp3) is 0.929. The molecule has 2 atom stereocenters. The molecule has 2 fully saturated rings. The van der Waals surface area contributed by atoms with Gasteiger partial charge in [0.1, 0.15) is 0 Å². The van der Waals surface area contributed by atoms with Gasteiger partial charge >= 0.3 is 5.97 Å². The van der Waals surface area contributed by atoms with Gasteiger partial charge in [0.05, 0.1) is 0 Å². The highest BCUT2D eigenvalue weighted by Gasteiger charge is 2.37. The Balaban J connectivity index is 2.09. The summed E-state index contributed by atoms with van der Waals surface area (Å²) in [5.41, 5.74) is 0. The zero-order valence-corrected chi connectivity index (χ0v) is 13.5. The summed E-state index contributed by atoms with van der Waals surface area (Å²) in [7, 11) is -3.44. The smallest absolute Gasteiger partial charge is 0.303 e. The molecule has 6 nitrogen and oxygen atoms in total. The Morgan fingerprint density at radius 1 is 1.19 bits per heavy atom. The van der Waals surface area contributed by atoms with Gasteiger partial charge in [-0.05, 0) is 38.0 Å². The normalized spacial score (nSPS) is 29.4. The Kier molecular flexibility index (Phi) is 5.62. The first-order chi connectivity index (χ1) is 9.91. The van der Waals surface area contributed by atoms with Crippen molar-refractivity contribution in [2.24, 2.45) is 5.92 Å². The first-order valence-corrected chi connectivity index (χ1v) is 9.29. The zero-order chi connectivity index (χ0) is 15.5. The topological polar surface area (TPSA) is 77.9 Å². The van der Waals surface area contributed by atoms with E-state index in [0.717, 1.165) is 32.1 Å². The Bertz CT molecular complexity index is 466. The van der Waals surface area contributed by atoms with Gasteiger partial charge in [0.25, 0.3) is 10.2 Å². The third-order valence-corrected chi connectivity index (χ3v) is 6.56. The van der Waals surface area contributed by atoms with Crippen LogP contribution in [0.1, 0.15) is 51.9 Å². The second kappa shape index (κ2) is 7.07. The molecule has 0 saturated carbocycles. The van der Waals surface area contributed by atoms with Crippen molar-refractivity contribution in [3.05, 3.63) is 0 Å². The summed E-state index contributed by atoms with van der Waals surface area (Å²) in [6, 6.07) is -0.155. The van der Waals surface area contributed by atoms with Crippen LogP contribution in [0.15, 0.2) is 0 Å². The van der Waals surface area contributed by atoms with Gasteiger partial charge < -0.3 is 5.11 Å². The van der Waals surface area contributed by atoms with Crippen molar-refractivity contribution in [3.63, 3.8) is 0 Å². The van der Waals surface area contributed by atoms with Gasteiger partial charge in [0.15, 0.2) is 0 Å². The lowest BCUT2D eigenvalue weighted by atomic mass is 10.0. The van der Waals surface area contributed by atoms with Crippen LogP contribution < -0.4 is 0 Å². The molecule has 0 aromatic carbocycles. The first-order valence-electron chi connectivity index (χ1n) is 7.90. The maximum atomic E-state index is 12.8. The molecule has 2 saturated heterocycles. The van der Waals surface area contributed by atoms with E-state index in [-0.39, 0.29) is 12.5 Å². The molecular formula is C14H26N2O4S. The SMILES string of the molecule is CC1CCCN(S(=O)(=O)N2CCCCC2CCC(=O)O)C1. The molecule has 1 N–H and O–H groups in total. The summed E-state index contributed by atoms with van der Waals surface area (Å²) in [6.45, 7) is 3.79. The standard InChI is InChI=1S/C14H26N2O4S/c1-12-5-4-9-15(11-12)21(19,20)16-10-3-2-6-13(16)7-8-14(17)18/h12-13H,2-11H2,1H3,(H,17,18). The third kappa shape index (κ3) is 4.17. The van der Waals surface area contributed by atoms with Crippen molar-refractivity contribution in [1.82, 2.24) is 8.61 Å². The van der Waals surface area contributed by atoms with Crippen molar-refractivity contribution in [2.45, 2.75) is 57.9 Å². The molecule has 0 bridgehead atoms. The average molecular weight is 318 g/mol. The average Bonchev–Trinajstić information content (AvgIpc) is 2.45. The lowest BCUT2D eigenvalue weighted by Crippen LogP contribution is -2.52. The van der Waals surface area contributed by atoms with Crippen LogP contribution in [0.5, 0.6) is 0 Å². The summed E-state index contributed by atoms with van der Waals surface area (Å²) in [5.74, 6) is -0.458. The minimum Gasteiger partial charge on any atom is -0.481 e. The van der Waals surface area contributed by atoms with E-state index in [0.29, 0.717) is 32.0 Å². The molecule has 0 aromatic rings. The van der Waals surface area contributed by atoms with Gasteiger partial charge in [0, 0.05) is 32.1 Å². The number of carbonyl (C=O) groups is 1. The zero-order valence-electron chi connectivity index (χ0n) is 12.7. The number of hydrogen-bond acceptors (Lipinski definition) is 3. The number of rotatable bonds is 5. The predicted octanol–water partition coefficient (Wildman–Crippen LogP) is 1.68. The van der Waals surface area contributed by atoms with Gasteiger partial charge in [-0.15, -0.1) is 0 Å². The molecule has 2 unspecified atom stereocenters. The fourth-order valence-corrected chi connectivity index (χ4v) is 5.41. The monoisotopic (exact) mass is 318 g/mol. The molecule has 122 valence electrons. The van der Waals surface area contributed by atoms with E-state index in [1.54, 1.807) is 8.61 Å². The summed E-state index contributed by atoms with van der Waals surface area (Å²) in [4.78, 5) is 10.8. The van der Waals surface area contributed by atoms with Crippen molar-refractivity contribution in [3.8, 4) is 0 Å². The van der Waals surface area contributed by atoms with E-state index < -0.39 is 16.2 Å². The van der Waals surface area contributed by atoms with Crippen molar-refractivity contribution in [1.29, 1.82) is 0 Å². The summed E-state index contributed by atoms with van der Waals surface area (Å²) in [5, 5.41) is 8.84. The van der Waals surface area contributed by atoms with E-state index in [1.807, 2.05) is 0 Å². The number of hydrogen-bond donors (Lipinski definition) is 1. The van der Waals surface area contributed by atoms with Crippen LogP contribution in [0.25, 0.3) is 0 Å². The Hall–Kier alpha value is -0.660. The molecular weight excluding hydrogens is 292 g/mol. The summed E-state index contributed by atoms with van der Waals surface area (Å²) in [6.07, 6.45) is 5.06. The number of aliphatic carboxylic acids is 1. The first kappa shape index (κ1) is 16.7. The van der Waals surface area contributed by atoms with Crippen LogP contribution in [0.4, 0.5) is 0 Å². The Morgan fingerprint density at radius 2 is 1.95 bits per heavy atom. The molecule has 21 heavy (non-hydrogen) atoms. The maximum Gasteiger partial charge on any atom is 0.303 e. The minimum atomic E-state index is -3.44. The number of carboxylic acid groups (broad SMARTS) is 1. The van der Waals surface area contributed by atoms with Crippen LogP contribution in [-0.2, 0) is 15.0 Å². The van der Waals surface area contributed by atoms with Gasteiger partial charge in [0.2, 0.25) is 0 Å². The number of piperidine rings is 2. The molecule has 2 aliphatic rings. The Morgan fingerprint density at radius 3 is 2.62 bits per heavy atom. The molecule has 0 radical (unpaired) electrons. The van der Waals surface area contributed by atoms with E-state index in [9.17, 15) is 13.2 Å². The molecule has 0 spiro atoms. The summed E-state index contributed by atoms with van der Waals surface area (Å²) >= 11 is 0. The van der Waals surface area contributed by atoms with Gasteiger partial charge in [-0.3, -0.25) is 4.79 Å². The van der Waals surface area contributed by atoms with Crippen molar-refractivity contribution in [2.75, 3.05) is 19.6 Å². The fourth-order valence-electron chi connectivity index (χ4n) is 3.36. The van der Waals surface area contributed by atoms with Crippen LogP contribution in [0.2, 0.25) is 0 Å². The van der Waals surface area contributed by atoms with Gasteiger partial charge in [-0.25, -0.2) is 0 Å².